The molecule has 0 aliphatic carbocycles. The van der Waals surface area contributed by atoms with Crippen molar-refractivity contribution < 1.29 is 27.5 Å². The highest BCUT2D eigenvalue weighted by Gasteiger charge is 2.33. The molecule has 12 heteroatoms. The number of carbonyl (C=O) groups is 1. The number of hydrogen-bond acceptors (Lipinski definition) is 6. The molecule has 0 fully saturated rings. The molecule has 2 aliphatic rings. The number of rotatable bonds is 7. The summed E-state index contributed by atoms with van der Waals surface area (Å²) < 4.78 is 55.7. The van der Waals surface area contributed by atoms with Crippen molar-refractivity contribution in [2.45, 2.75) is 38.1 Å². The van der Waals surface area contributed by atoms with E-state index in [2.05, 4.69) is 20.3 Å². The van der Waals surface area contributed by atoms with E-state index in [0.29, 0.717) is 41.2 Å². The number of nitrogens with zero attached hydrogens (tertiary/aromatic N) is 4. The Hall–Kier alpha value is -3.77. The number of likely N-dealkylation sites (N-methyl/N-ethyl adjacent to an activating group) is 1. The molecule has 0 saturated carbocycles. The van der Waals surface area contributed by atoms with Crippen LogP contribution in [-0.2, 0) is 13.0 Å². The van der Waals surface area contributed by atoms with Crippen LogP contribution >= 0.6 is 0 Å². The zero-order valence-electron chi connectivity index (χ0n) is 21.6. The van der Waals surface area contributed by atoms with Crippen LogP contribution in [-0.4, -0.2) is 75.9 Å². The highest BCUT2D eigenvalue weighted by molar-refractivity contribution is 6.03. The molecule has 3 heterocycles. The van der Waals surface area contributed by atoms with Gasteiger partial charge in [-0.15, -0.1) is 0 Å². The molecular formula is C27H28F4N6O2. The van der Waals surface area contributed by atoms with Crippen molar-refractivity contribution in [1.29, 1.82) is 0 Å². The van der Waals surface area contributed by atoms with Gasteiger partial charge in [0.05, 0.1) is 22.8 Å². The summed E-state index contributed by atoms with van der Waals surface area (Å²) in [5.74, 6) is -6.35. The standard InChI is InChI=1S/C27H28F4N6O2/c1-13(8-16-23(30)17(28)11-18(29)24(16)31)33-19-4-5-32-26(38)22(19)25-34-20-9-14-12-37(7-6-36(2)3)27(39)15(14)10-21(20)35-25/h4-5,9-11,13,22,26,32,38H,6-8,12H2,1-3H3,(H,34,35)/b33-19+/t13-,22?,26?/m0/s1. The molecule has 2 aromatic carbocycles. The Labute approximate surface area is 222 Å². The molecule has 1 amide bonds. The molecule has 1 aromatic heterocycles. The summed E-state index contributed by atoms with van der Waals surface area (Å²) in [6.07, 6.45) is 1.54. The zero-order valence-corrected chi connectivity index (χ0v) is 21.6. The number of fused-ring (bicyclic) bond motifs is 2. The third-order valence-electron chi connectivity index (χ3n) is 6.94. The maximum atomic E-state index is 14.2. The Balaban J connectivity index is 1.42. The SMILES string of the molecule is C[C@@H](Cc1c(F)c(F)cc(F)c1F)/N=C1\C=CNC(O)C1c1nc2cc3c(cc2[nH]1)C(=O)N(CCN(C)C)C3. The highest BCUT2D eigenvalue weighted by atomic mass is 19.2. The second-order valence-electron chi connectivity index (χ2n) is 10.2. The molecule has 5 rings (SSSR count). The van der Waals surface area contributed by atoms with E-state index in [1.54, 1.807) is 24.0 Å². The van der Waals surface area contributed by atoms with Crippen LogP contribution in [0.2, 0.25) is 0 Å². The van der Waals surface area contributed by atoms with Crippen molar-refractivity contribution in [3.63, 3.8) is 0 Å². The molecule has 0 spiro atoms. The number of aliphatic hydroxyl groups excluding tert-OH is 1. The Kier molecular flexibility index (Phi) is 7.17. The number of hydrogen-bond donors (Lipinski definition) is 3. The predicted octanol–water partition coefficient (Wildman–Crippen LogP) is 3.23. The number of aromatic nitrogens is 2. The van der Waals surface area contributed by atoms with Gasteiger partial charge in [-0.2, -0.15) is 0 Å². The van der Waals surface area contributed by atoms with E-state index >= 15 is 0 Å². The lowest BCUT2D eigenvalue weighted by Crippen LogP contribution is -2.39. The lowest BCUT2D eigenvalue weighted by Gasteiger charge is -2.26. The Morgan fingerprint density at radius 2 is 1.90 bits per heavy atom. The van der Waals surface area contributed by atoms with Crippen LogP contribution in [0.1, 0.15) is 40.2 Å². The summed E-state index contributed by atoms with van der Waals surface area (Å²) in [5.41, 5.74) is 2.29. The number of H-pyrrole nitrogens is 1. The topological polar surface area (TPSA) is 96.8 Å². The van der Waals surface area contributed by atoms with Crippen LogP contribution in [0, 0.1) is 23.3 Å². The number of halogens is 4. The summed E-state index contributed by atoms with van der Waals surface area (Å²) in [4.78, 5) is 29.0. The first-order chi connectivity index (χ1) is 18.5. The normalized spacial score (nSPS) is 20.8. The molecule has 3 aromatic rings. The highest BCUT2D eigenvalue weighted by Crippen LogP contribution is 2.30. The fourth-order valence-corrected chi connectivity index (χ4v) is 4.95. The van der Waals surface area contributed by atoms with Gasteiger partial charge >= 0.3 is 0 Å². The lowest BCUT2D eigenvalue weighted by molar-refractivity contribution is 0.0768. The molecule has 8 nitrogen and oxygen atoms in total. The zero-order chi connectivity index (χ0) is 28.0. The van der Waals surface area contributed by atoms with Crippen LogP contribution in [0.25, 0.3) is 11.0 Å². The van der Waals surface area contributed by atoms with E-state index in [-0.39, 0.29) is 12.0 Å². The van der Waals surface area contributed by atoms with Gasteiger partial charge in [0.25, 0.3) is 5.91 Å². The molecule has 3 atom stereocenters. The number of benzene rings is 2. The Morgan fingerprint density at radius 1 is 1.18 bits per heavy atom. The Morgan fingerprint density at radius 3 is 2.59 bits per heavy atom. The second-order valence-corrected chi connectivity index (χ2v) is 10.2. The summed E-state index contributed by atoms with van der Waals surface area (Å²) in [7, 11) is 3.89. The van der Waals surface area contributed by atoms with Crippen LogP contribution < -0.4 is 5.32 Å². The van der Waals surface area contributed by atoms with Gasteiger partial charge in [-0.05, 0) is 44.8 Å². The largest absolute Gasteiger partial charge is 0.373 e. The third kappa shape index (κ3) is 5.13. The van der Waals surface area contributed by atoms with Crippen molar-refractivity contribution in [2.75, 3.05) is 27.2 Å². The molecular weight excluding hydrogens is 516 g/mol. The van der Waals surface area contributed by atoms with Crippen LogP contribution in [0.15, 0.2) is 35.5 Å². The van der Waals surface area contributed by atoms with Crippen molar-refractivity contribution in [1.82, 2.24) is 25.1 Å². The van der Waals surface area contributed by atoms with Gasteiger partial charge in [0, 0.05) is 49.4 Å². The maximum absolute atomic E-state index is 14.2. The van der Waals surface area contributed by atoms with Crippen molar-refractivity contribution in [2.24, 2.45) is 4.99 Å². The van der Waals surface area contributed by atoms with Crippen molar-refractivity contribution in [3.05, 3.63) is 76.3 Å². The smallest absolute Gasteiger partial charge is 0.254 e. The number of nitrogens with one attached hydrogen (secondary N) is 2. The molecule has 0 radical (unpaired) electrons. The van der Waals surface area contributed by atoms with Gasteiger partial charge in [-0.25, -0.2) is 22.5 Å². The minimum atomic E-state index is -1.48. The molecule has 2 unspecified atom stereocenters. The van der Waals surface area contributed by atoms with Gasteiger partial charge in [0.1, 0.15) is 18.0 Å². The van der Waals surface area contributed by atoms with Gasteiger partial charge in [-0.1, -0.05) is 0 Å². The van der Waals surface area contributed by atoms with Crippen LogP contribution in [0.3, 0.4) is 0 Å². The minimum absolute atomic E-state index is 0.0588. The fraction of sp³-hybridized carbons (Fsp3) is 0.370. The van der Waals surface area contributed by atoms with Gasteiger partial charge in [0.2, 0.25) is 0 Å². The van der Waals surface area contributed by atoms with Gasteiger partial charge < -0.3 is 25.2 Å². The summed E-state index contributed by atoms with van der Waals surface area (Å²) in [6, 6.07) is 2.97. The van der Waals surface area contributed by atoms with E-state index in [1.165, 1.54) is 6.20 Å². The first kappa shape index (κ1) is 26.8. The molecule has 39 heavy (non-hydrogen) atoms. The minimum Gasteiger partial charge on any atom is -0.373 e. The molecule has 206 valence electrons. The van der Waals surface area contributed by atoms with Crippen molar-refractivity contribution in [3.8, 4) is 0 Å². The summed E-state index contributed by atoms with van der Waals surface area (Å²) in [6.45, 7) is 3.38. The number of allylic oxidation sites excluding steroid dienone is 1. The third-order valence-corrected chi connectivity index (χ3v) is 6.94. The quantitative estimate of drug-likeness (QED) is 0.314. The van der Waals surface area contributed by atoms with Crippen LogP contribution in [0.5, 0.6) is 0 Å². The molecule has 0 saturated heterocycles. The van der Waals surface area contributed by atoms with Gasteiger partial charge in [0.15, 0.2) is 23.3 Å². The molecule has 0 bridgehead atoms. The van der Waals surface area contributed by atoms with E-state index in [1.807, 2.05) is 25.1 Å². The number of carbonyl (C=O) groups excluding carboxylic acids is 1. The summed E-state index contributed by atoms with van der Waals surface area (Å²) in [5, 5.41) is 13.5. The second kappa shape index (κ2) is 10.4. The lowest BCUT2D eigenvalue weighted by atomic mass is 9.96. The number of aliphatic hydroxyl groups is 1. The average molecular weight is 545 g/mol. The maximum Gasteiger partial charge on any atom is 0.254 e. The van der Waals surface area contributed by atoms with E-state index in [9.17, 15) is 27.5 Å². The number of imidazole rings is 1. The van der Waals surface area contributed by atoms with Crippen LogP contribution in [0.4, 0.5) is 17.6 Å². The molecule has 2 aliphatic heterocycles. The average Bonchev–Trinajstić information content (AvgIpc) is 3.42. The summed E-state index contributed by atoms with van der Waals surface area (Å²) >= 11 is 0. The number of aliphatic imine (C=N–C) groups is 1. The van der Waals surface area contributed by atoms with E-state index in [4.69, 9.17) is 0 Å². The number of amides is 1. The predicted molar refractivity (Wildman–Crippen MR) is 137 cm³/mol. The number of aromatic amines is 1. The first-order valence-electron chi connectivity index (χ1n) is 12.5. The molecule has 3 N–H and O–H groups in total. The Bertz CT molecular complexity index is 1480. The van der Waals surface area contributed by atoms with E-state index in [0.717, 1.165) is 12.1 Å². The van der Waals surface area contributed by atoms with Gasteiger partial charge in [-0.3, -0.25) is 9.79 Å². The van der Waals surface area contributed by atoms with E-state index < -0.39 is 53.4 Å². The monoisotopic (exact) mass is 544 g/mol. The first-order valence-corrected chi connectivity index (χ1v) is 12.5. The fourth-order valence-electron chi connectivity index (χ4n) is 4.95. The van der Waals surface area contributed by atoms with Crippen molar-refractivity contribution >= 4 is 22.7 Å².